The van der Waals surface area contributed by atoms with Gasteiger partial charge in [0.05, 0.1) is 23.5 Å². The fraction of sp³-hybridized carbons (Fsp3) is 0.220. The predicted octanol–water partition coefficient (Wildman–Crippen LogP) is 4.50. The lowest BCUT2D eigenvalue weighted by atomic mass is 9.98. The summed E-state index contributed by atoms with van der Waals surface area (Å²) >= 11 is 6.07. The molecule has 2 fully saturated rings. The van der Waals surface area contributed by atoms with E-state index in [4.69, 9.17) is 16.1 Å². The van der Waals surface area contributed by atoms with E-state index < -0.39 is 48.2 Å². The number of benzene rings is 4. The number of hydrogen-bond acceptors (Lipinski definition) is 11. The number of ketones is 1. The highest BCUT2D eigenvalue weighted by Crippen LogP contribution is 2.46. The molecule has 2 aliphatic rings. The third kappa shape index (κ3) is 8.79. The second kappa shape index (κ2) is 17.1. The fourth-order valence-corrected chi connectivity index (χ4v) is 9.53. The summed E-state index contributed by atoms with van der Waals surface area (Å²) in [6.07, 6.45) is 1.71. The number of amides is 4. The number of halogens is 1. The third-order valence-electron chi connectivity index (χ3n) is 10.2. The van der Waals surface area contributed by atoms with E-state index in [1.165, 1.54) is 76.5 Å². The molecule has 19 heteroatoms. The van der Waals surface area contributed by atoms with Gasteiger partial charge in [-0.15, -0.1) is 6.58 Å². The number of nitrogens with zero attached hydrogens (tertiary/aromatic N) is 5. The molecular formula is C41H41ClN6O10PS+. The van der Waals surface area contributed by atoms with E-state index in [1.54, 1.807) is 29.3 Å². The van der Waals surface area contributed by atoms with Crippen molar-refractivity contribution in [1.29, 1.82) is 0 Å². The topological polar surface area (TPSA) is 202 Å². The second-order valence-electron chi connectivity index (χ2n) is 14.3. The molecule has 4 amide bonds. The number of carbonyl (C=O) groups is 4. The van der Waals surface area contributed by atoms with Gasteiger partial charge < -0.3 is 15.1 Å². The Balaban J connectivity index is 1.31. The van der Waals surface area contributed by atoms with Gasteiger partial charge in [-0.05, 0) is 60.0 Å². The maximum atomic E-state index is 14.8. The van der Waals surface area contributed by atoms with Gasteiger partial charge in [-0.2, -0.15) is 14.7 Å². The van der Waals surface area contributed by atoms with Crippen molar-refractivity contribution >= 4 is 64.3 Å². The minimum absolute atomic E-state index is 0.0565. The maximum absolute atomic E-state index is 14.8. The van der Waals surface area contributed by atoms with Gasteiger partial charge in [-0.25, -0.2) is 27.2 Å². The van der Waals surface area contributed by atoms with Gasteiger partial charge >= 0.3 is 14.2 Å². The first-order valence-electron chi connectivity index (χ1n) is 18.6. The van der Waals surface area contributed by atoms with Crippen molar-refractivity contribution in [2.75, 3.05) is 19.6 Å². The van der Waals surface area contributed by atoms with Crippen LogP contribution in [0.4, 0.5) is 4.79 Å². The molecule has 5 aromatic rings. The molecule has 3 heterocycles. The monoisotopic (exact) mass is 875 g/mol. The summed E-state index contributed by atoms with van der Waals surface area (Å²) in [4.78, 5) is 87.1. The van der Waals surface area contributed by atoms with Crippen LogP contribution in [0, 0.1) is 0 Å². The van der Waals surface area contributed by atoms with Crippen molar-refractivity contribution in [3.8, 4) is 5.75 Å². The molecule has 0 spiro atoms. The Morgan fingerprint density at radius 2 is 1.65 bits per heavy atom. The number of piperazine rings is 1. The fourth-order valence-electron chi connectivity index (χ4n) is 7.59. The van der Waals surface area contributed by atoms with Crippen molar-refractivity contribution in [2.24, 2.45) is 0 Å². The highest BCUT2D eigenvalue weighted by molar-refractivity contribution is 7.90. The minimum Gasteiger partial charge on any atom is -0.333 e. The summed E-state index contributed by atoms with van der Waals surface area (Å²) in [5.41, 5.74) is 2.04. The van der Waals surface area contributed by atoms with Gasteiger partial charge in [0.2, 0.25) is 11.8 Å². The molecule has 0 radical (unpaired) electrons. The minimum atomic E-state index is -4.61. The van der Waals surface area contributed by atoms with Gasteiger partial charge in [-0.3, -0.25) is 18.9 Å². The highest BCUT2D eigenvalue weighted by atomic mass is 35.5. The van der Waals surface area contributed by atoms with Gasteiger partial charge in [0.15, 0.2) is 11.5 Å². The summed E-state index contributed by atoms with van der Waals surface area (Å²) in [6.45, 7) is 4.80. The number of carbonyl (C=O) groups excluding carboxylic acids is 4. The van der Waals surface area contributed by atoms with E-state index in [2.05, 4.69) is 11.9 Å². The Morgan fingerprint density at radius 3 is 2.30 bits per heavy atom. The zero-order valence-electron chi connectivity index (χ0n) is 32.2. The summed E-state index contributed by atoms with van der Waals surface area (Å²) in [7, 11) is -8.92. The first-order chi connectivity index (χ1) is 28.5. The first kappa shape index (κ1) is 42.5. The van der Waals surface area contributed by atoms with Crippen molar-refractivity contribution in [3.05, 3.63) is 143 Å². The van der Waals surface area contributed by atoms with Crippen LogP contribution in [-0.2, 0) is 39.1 Å². The first-order valence-corrected chi connectivity index (χ1v) is 22.0. The molecule has 2 aliphatic heterocycles. The molecule has 0 aliphatic carbocycles. The van der Waals surface area contributed by atoms with E-state index >= 15 is 0 Å². The van der Waals surface area contributed by atoms with E-state index in [1.807, 2.05) is 30.3 Å². The molecular weight excluding hydrogens is 835 g/mol. The van der Waals surface area contributed by atoms with Crippen LogP contribution in [0.2, 0.25) is 5.02 Å². The van der Waals surface area contributed by atoms with Crippen molar-refractivity contribution in [2.45, 2.75) is 43.5 Å². The number of fused-ring (bicyclic) bond motifs is 2. The maximum Gasteiger partial charge on any atom is 0.613 e. The van der Waals surface area contributed by atoms with Crippen LogP contribution in [0.5, 0.6) is 5.75 Å². The van der Waals surface area contributed by atoms with Crippen molar-refractivity contribution < 1.29 is 46.8 Å². The molecule has 16 nitrogen and oxygen atoms in total. The molecule has 312 valence electrons. The van der Waals surface area contributed by atoms with Crippen LogP contribution in [0.15, 0.2) is 121 Å². The lowest BCUT2D eigenvalue weighted by molar-refractivity contribution is -0.189. The lowest BCUT2D eigenvalue weighted by Gasteiger charge is -2.55. The van der Waals surface area contributed by atoms with E-state index in [-0.39, 0.29) is 66.7 Å². The molecule has 2 atom stereocenters. The van der Waals surface area contributed by atoms with E-state index in [0.717, 1.165) is 9.54 Å². The Labute approximate surface area is 351 Å². The largest absolute Gasteiger partial charge is 0.613 e. The lowest BCUT2D eigenvalue weighted by Crippen LogP contribution is -2.76. The van der Waals surface area contributed by atoms with Crippen molar-refractivity contribution in [1.82, 2.24) is 29.1 Å². The zero-order valence-corrected chi connectivity index (χ0v) is 34.6. The van der Waals surface area contributed by atoms with E-state index in [9.17, 15) is 42.3 Å². The number of hydrazine groups is 1. The van der Waals surface area contributed by atoms with Crippen LogP contribution in [0.25, 0.3) is 10.9 Å². The number of para-hydroxylation sites is 1. The van der Waals surface area contributed by atoms with Gasteiger partial charge in [0.25, 0.3) is 10.0 Å². The Kier molecular flexibility index (Phi) is 12.1. The molecule has 60 heavy (non-hydrogen) atoms. The Morgan fingerprint density at radius 1 is 0.950 bits per heavy atom. The molecule has 1 aromatic heterocycles. The number of aromatic nitrogens is 1. The predicted molar refractivity (Wildman–Crippen MR) is 222 cm³/mol. The van der Waals surface area contributed by atoms with Gasteiger partial charge in [-0.1, -0.05) is 78.3 Å². The third-order valence-corrected chi connectivity index (χ3v) is 12.6. The van der Waals surface area contributed by atoms with Crippen LogP contribution in [-0.4, -0.2) is 102 Å². The summed E-state index contributed by atoms with van der Waals surface area (Å²) in [5, 5.41) is 6.56. The second-order valence-corrected chi connectivity index (χ2v) is 17.7. The van der Waals surface area contributed by atoms with Crippen LogP contribution in [0.3, 0.4) is 0 Å². The van der Waals surface area contributed by atoms with E-state index in [0.29, 0.717) is 21.5 Å². The van der Waals surface area contributed by atoms with Crippen LogP contribution < -0.4 is 9.84 Å². The number of hydrogen-bond donors (Lipinski definition) is 4. The quantitative estimate of drug-likeness (QED) is 0.0737. The summed E-state index contributed by atoms with van der Waals surface area (Å²) in [6, 6.07) is 23.8. The van der Waals surface area contributed by atoms with Crippen molar-refractivity contribution in [3.63, 3.8) is 0 Å². The normalized spacial score (nSPS) is 17.4. The number of urea groups is 1. The number of rotatable bonds is 13. The van der Waals surface area contributed by atoms with Crippen LogP contribution in [0.1, 0.15) is 34.0 Å². The summed E-state index contributed by atoms with van der Waals surface area (Å²) < 4.78 is 34.3. The zero-order chi connectivity index (χ0) is 42.9. The average Bonchev–Trinajstić information content (AvgIpc) is 3.62. The average molecular weight is 876 g/mol. The SMILES string of the molecule is C=CCN1CC(=O)N2[C@@H](Cc3ccc(O[P+](O)(O)O)cc3)C(=O)N(Cc3cccc4c(C(C)=O)cn(S(=O)(=O)c5ccc(Cl)cc5)c34)C[C@@H]2N1C(=O)NCc1ccccc1. The smallest absolute Gasteiger partial charge is 0.333 e. The number of nitrogens with one attached hydrogen (secondary N) is 1. The Bertz CT molecular complexity index is 2570. The van der Waals surface area contributed by atoms with Gasteiger partial charge in [0.1, 0.15) is 12.2 Å². The highest BCUT2D eigenvalue weighted by Gasteiger charge is 2.51. The van der Waals surface area contributed by atoms with Gasteiger partial charge in [0, 0.05) is 48.2 Å². The standard InChI is InChI=1S/C41H40ClN6O10PS/c1-3-20-45-26-38(50)47-36(21-28-12-16-32(17-13-28)58-59(53,54)55)40(51)44(25-37(47)48(45)41(52)43-22-29-8-5-4-6-9-29)23-30-10-7-11-34-35(27(2)49)24-46(39(30)34)60(56,57)33-18-14-31(42)15-19-33/h3-19,24,36-37,53-55H,1,20-23,25-26H2,2H3/p+1/t36-,37-/m0/s1. The summed E-state index contributed by atoms with van der Waals surface area (Å²) in [5.74, 6) is -1.37. The molecule has 4 aromatic carbocycles. The number of Topliss-reactive ketones (excluding diaryl/α,β-unsaturated/α-hetero) is 1. The molecule has 0 unspecified atom stereocenters. The molecule has 4 N–H and O–H groups in total. The molecule has 7 rings (SSSR count). The molecule has 2 saturated heterocycles. The molecule has 0 bridgehead atoms. The molecule has 0 saturated carbocycles. The Hall–Kier alpha value is -5.65. The van der Waals surface area contributed by atoms with Crippen LogP contribution >= 0.6 is 19.8 Å².